The van der Waals surface area contributed by atoms with Gasteiger partial charge in [0.05, 0.1) is 10.6 Å². The SMILES string of the molecule is Cc1ccc(N(CC(=O)N(Cc2ccc(Br)cc2)C(Cc2ccccc2)C(=O)NC(C)(C)C)S(=O)(=O)c2ccc(C)cc2)cc1. The third kappa shape index (κ3) is 9.28. The Morgan fingerprint density at radius 1 is 0.778 bits per heavy atom. The molecule has 1 N–H and O–H groups in total. The summed E-state index contributed by atoms with van der Waals surface area (Å²) in [6, 6.07) is 29.7. The molecule has 0 spiro atoms. The molecule has 0 aromatic heterocycles. The second kappa shape index (κ2) is 14.4. The minimum absolute atomic E-state index is 0.0762. The second-order valence-electron chi connectivity index (χ2n) is 12.3. The van der Waals surface area contributed by atoms with Crippen LogP contribution in [-0.2, 0) is 32.6 Å². The summed E-state index contributed by atoms with van der Waals surface area (Å²) >= 11 is 3.46. The minimum atomic E-state index is -4.15. The highest BCUT2D eigenvalue weighted by molar-refractivity contribution is 9.10. The van der Waals surface area contributed by atoms with Gasteiger partial charge in [-0.05, 0) is 82.1 Å². The van der Waals surface area contributed by atoms with E-state index in [1.165, 1.54) is 4.90 Å². The maximum Gasteiger partial charge on any atom is 0.264 e. The Labute approximate surface area is 275 Å². The molecule has 0 saturated heterocycles. The van der Waals surface area contributed by atoms with Gasteiger partial charge in [0, 0.05) is 23.0 Å². The summed E-state index contributed by atoms with van der Waals surface area (Å²) in [4.78, 5) is 30.1. The Balaban J connectivity index is 1.81. The molecule has 4 aromatic rings. The van der Waals surface area contributed by atoms with E-state index >= 15 is 0 Å². The molecular weight excluding hydrogens is 650 g/mol. The van der Waals surface area contributed by atoms with Gasteiger partial charge in [0.1, 0.15) is 12.6 Å². The maximum atomic E-state index is 14.5. The molecule has 0 bridgehead atoms. The van der Waals surface area contributed by atoms with Gasteiger partial charge in [-0.2, -0.15) is 0 Å². The van der Waals surface area contributed by atoms with E-state index in [2.05, 4.69) is 21.2 Å². The Kier molecular flexibility index (Phi) is 10.9. The summed E-state index contributed by atoms with van der Waals surface area (Å²) in [6.45, 7) is 9.07. The summed E-state index contributed by atoms with van der Waals surface area (Å²) < 4.78 is 30.3. The van der Waals surface area contributed by atoms with Gasteiger partial charge in [0.15, 0.2) is 0 Å². The molecule has 1 unspecified atom stereocenters. The molecule has 0 aliphatic heterocycles. The molecule has 236 valence electrons. The molecule has 0 aliphatic rings. The first-order chi connectivity index (χ1) is 21.2. The molecule has 9 heteroatoms. The van der Waals surface area contributed by atoms with Crippen LogP contribution >= 0.6 is 15.9 Å². The zero-order valence-corrected chi connectivity index (χ0v) is 28.7. The minimum Gasteiger partial charge on any atom is -0.350 e. The van der Waals surface area contributed by atoms with Crippen LogP contribution in [0.25, 0.3) is 0 Å². The van der Waals surface area contributed by atoms with Crippen molar-refractivity contribution in [2.24, 2.45) is 0 Å². The number of hydrogen-bond donors (Lipinski definition) is 1. The standard InChI is InChI=1S/C36H40BrN3O4S/c1-26-11-19-31(20-12-26)40(45(43,44)32-21-13-27(2)14-22-32)25-34(41)39(24-29-15-17-30(37)18-16-29)33(35(42)38-36(3,4)5)23-28-9-7-6-8-10-28/h6-22,33H,23-25H2,1-5H3,(H,38,42). The molecule has 45 heavy (non-hydrogen) atoms. The van der Waals surface area contributed by atoms with E-state index in [0.717, 1.165) is 31.0 Å². The quantitative estimate of drug-likeness (QED) is 0.187. The summed E-state index contributed by atoms with van der Waals surface area (Å²) in [7, 11) is -4.15. The van der Waals surface area contributed by atoms with E-state index in [9.17, 15) is 18.0 Å². The average molecular weight is 691 g/mol. The van der Waals surface area contributed by atoms with Gasteiger partial charge in [0.25, 0.3) is 10.0 Å². The number of rotatable bonds is 11. The fourth-order valence-electron chi connectivity index (χ4n) is 4.87. The number of halogens is 1. The summed E-state index contributed by atoms with van der Waals surface area (Å²) in [6.07, 6.45) is 0.250. The van der Waals surface area contributed by atoms with Crippen LogP contribution in [-0.4, -0.2) is 43.3 Å². The number of nitrogens with one attached hydrogen (secondary N) is 1. The lowest BCUT2D eigenvalue weighted by Crippen LogP contribution is -2.56. The molecule has 4 aromatic carbocycles. The zero-order chi connectivity index (χ0) is 32.8. The third-order valence-electron chi connectivity index (χ3n) is 7.25. The molecular formula is C36H40BrN3O4S. The topological polar surface area (TPSA) is 86.8 Å². The van der Waals surface area contributed by atoms with Crippen molar-refractivity contribution >= 4 is 43.5 Å². The Morgan fingerprint density at radius 2 is 1.33 bits per heavy atom. The number of nitrogens with zero attached hydrogens (tertiary/aromatic N) is 2. The van der Waals surface area contributed by atoms with Crippen molar-refractivity contribution in [3.8, 4) is 0 Å². The van der Waals surface area contributed by atoms with Crippen molar-refractivity contribution < 1.29 is 18.0 Å². The van der Waals surface area contributed by atoms with E-state index in [1.807, 2.05) is 101 Å². The monoisotopic (exact) mass is 689 g/mol. The van der Waals surface area contributed by atoms with Gasteiger partial charge in [0.2, 0.25) is 11.8 Å². The normalized spacial score (nSPS) is 12.3. The van der Waals surface area contributed by atoms with Crippen LogP contribution in [0, 0.1) is 13.8 Å². The number of sulfonamides is 1. The van der Waals surface area contributed by atoms with Crippen molar-refractivity contribution in [1.29, 1.82) is 0 Å². The van der Waals surface area contributed by atoms with E-state index in [4.69, 9.17) is 0 Å². The Bertz CT molecular complexity index is 1700. The number of carbonyl (C=O) groups excluding carboxylic acids is 2. The Hall–Kier alpha value is -3.95. The summed E-state index contributed by atoms with van der Waals surface area (Å²) in [5.41, 5.74) is 3.36. The van der Waals surface area contributed by atoms with Crippen LogP contribution in [0.4, 0.5) is 5.69 Å². The molecule has 7 nitrogen and oxygen atoms in total. The molecule has 2 amide bonds. The third-order valence-corrected chi connectivity index (χ3v) is 9.56. The van der Waals surface area contributed by atoms with E-state index in [-0.39, 0.29) is 23.8 Å². The van der Waals surface area contributed by atoms with Crippen LogP contribution in [0.1, 0.15) is 43.0 Å². The lowest BCUT2D eigenvalue weighted by atomic mass is 10.0. The maximum absolute atomic E-state index is 14.5. The highest BCUT2D eigenvalue weighted by Gasteiger charge is 2.35. The molecule has 1 atom stereocenters. The van der Waals surface area contributed by atoms with Crippen molar-refractivity contribution in [3.63, 3.8) is 0 Å². The predicted molar refractivity (Wildman–Crippen MR) is 183 cm³/mol. The fraction of sp³-hybridized carbons (Fsp3) is 0.278. The summed E-state index contributed by atoms with van der Waals surface area (Å²) in [5, 5.41) is 3.05. The lowest BCUT2D eigenvalue weighted by molar-refractivity contribution is -0.140. The van der Waals surface area contributed by atoms with Crippen LogP contribution in [0.15, 0.2) is 112 Å². The van der Waals surface area contributed by atoms with Crippen LogP contribution in [0.2, 0.25) is 0 Å². The van der Waals surface area contributed by atoms with Crippen LogP contribution in [0.5, 0.6) is 0 Å². The highest BCUT2D eigenvalue weighted by Crippen LogP contribution is 2.26. The first kappa shape index (κ1) is 33.9. The smallest absolute Gasteiger partial charge is 0.264 e. The molecule has 0 radical (unpaired) electrons. The predicted octanol–water partition coefficient (Wildman–Crippen LogP) is 6.82. The number of amides is 2. The summed E-state index contributed by atoms with van der Waals surface area (Å²) in [5.74, 6) is -0.820. The van der Waals surface area contributed by atoms with Gasteiger partial charge in [-0.3, -0.25) is 13.9 Å². The largest absolute Gasteiger partial charge is 0.350 e. The highest BCUT2D eigenvalue weighted by atomic mass is 79.9. The molecule has 0 fully saturated rings. The van der Waals surface area contributed by atoms with Gasteiger partial charge in [-0.25, -0.2) is 8.42 Å². The first-order valence-corrected chi connectivity index (χ1v) is 17.0. The van der Waals surface area contributed by atoms with Crippen LogP contribution < -0.4 is 9.62 Å². The Morgan fingerprint density at radius 3 is 1.89 bits per heavy atom. The van der Waals surface area contributed by atoms with Crippen LogP contribution in [0.3, 0.4) is 0 Å². The second-order valence-corrected chi connectivity index (χ2v) is 15.0. The number of hydrogen-bond acceptors (Lipinski definition) is 4. The average Bonchev–Trinajstić information content (AvgIpc) is 2.99. The first-order valence-electron chi connectivity index (χ1n) is 14.8. The fourth-order valence-corrected chi connectivity index (χ4v) is 6.55. The van der Waals surface area contributed by atoms with E-state index in [0.29, 0.717) is 5.69 Å². The number of aryl methyl sites for hydroxylation is 2. The van der Waals surface area contributed by atoms with Gasteiger partial charge < -0.3 is 10.2 Å². The van der Waals surface area contributed by atoms with Crippen molar-refractivity contribution in [1.82, 2.24) is 10.2 Å². The van der Waals surface area contributed by atoms with Gasteiger partial charge >= 0.3 is 0 Å². The van der Waals surface area contributed by atoms with Crippen molar-refractivity contribution in [2.45, 2.75) is 64.1 Å². The van der Waals surface area contributed by atoms with E-state index < -0.39 is 34.1 Å². The van der Waals surface area contributed by atoms with Gasteiger partial charge in [-0.1, -0.05) is 93.8 Å². The molecule has 0 saturated carbocycles. The number of anilines is 1. The van der Waals surface area contributed by atoms with Gasteiger partial charge in [-0.15, -0.1) is 0 Å². The van der Waals surface area contributed by atoms with Crippen molar-refractivity contribution in [3.05, 3.63) is 130 Å². The molecule has 0 heterocycles. The zero-order valence-electron chi connectivity index (χ0n) is 26.3. The number of benzene rings is 4. The lowest BCUT2D eigenvalue weighted by Gasteiger charge is -2.35. The van der Waals surface area contributed by atoms with Crippen molar-refractivity contribution in [2.75, 3.05) is 10.8 Å². The molecule has 4 rings (SSSR count). The number of carbonyl (C=O) groups is 2. The van der Waals surface area contributed by atoms with E-state index in [1.54, 1.807) is 36.4 Å². The molecule has 0 aliphatic carbocycles.